The van der Waals surface area contributed by atoms with Crippen LogP contribution in [0.4, 0.5) is 11.4 Å². The van der Waals surface area contributed by atoms with Gasteiger partial charge in [0.2, 0.25) is 0 Å². The minimum Gasteiger partial charge on any atom is -0.465 e. The predicted molar refractivity (Wildman–Crippen MR) is 105 cm³/mol. The Kier molecular flexibility index (Phi) is 6.30. The SMILES string of the molecule is COC(=O)c1ccc(C(=O)OC)c(NC(=S)Nc2ccc(C)cc2C)c1. The maximum absolute atomic E-state index is 12.0. The Morgan fingerprint density at radius 2 is 1.54 bits per heavy atom. The Hall–Kier alpha value is -2.93. The lowest BCUT2D eigenvalue weighted by atomic mass is 10.1. The molecule has 7 heteroatoms. The molecule has 0 fully saturated rings. The average molecular weight is 372 g/mol. The molecule has 136 valence electrons. The number of carbonyl (C=O) groups is 2. The van der Waals surface area contributed by atoms with E-state index in [0.29, 0.717) is 5.69 Å². The van der Waals surface area contributed by atoms with Crippen molar-refractivity contribution in [1.82, 2.24) is 0 Å². The lowest BCUT2D eigenvalue weighted by Crippen LogP contribution is -2.22. The van der Waals surface area contributed by atoms with Gasteiger partial charge < -0.3 is 20.1 Å². The summed E-state index contributed by atoms with van der Waals surface area (Å²) in [6, 6.07) is 10.4. The van der Waals surface area contributed by atoms with Crippen molar-refractivity contribution >= 4 is 40.6 Å². The highest BCUT2D eigenvalue weighted by molar-refractivity contribution is 7.80. The number of hydrogen-bond acceptors (Lipinski definition) is 5. The van der Waals surface area contributed by atoms with Crippen LogP contribution in [-0.2, 0) is 9.47 Å². The normalized spacial score (nSPS) is 10.0. The lowest BCUT2D eigenvalue weighted by Gasteiger charge is -2.15. The number of hydrogen-bond donors (Lipinski definition) is 2. The van der Waals surface area contributed by atoms with E-state index in [1.807, 2.05) is 32.0 Å². The quantitative estimate of drug-likeness (QED) is 0.626. The van der Waals surface area contributed by atoms with Crippen molar-refractivity contribution in [3.05, 3.63) is 58.7 Å². The van der Waals surface area contributed by atoms with Gasteiger partial charge in [0.25, 0.3) is 0 Å². The van der Waals surface area contributed by atoms with Gasteiger partial charge in [0.05, 0.1) is 31.0 Å². The van der Waals surface area contributed by atoms with Crippen LogP contribution in [0.5, 0.6) is 0 Å². The third kappa shape index (κ3) is 4.58. The highest BCUT2D eigenvalue weighted by Crippen LogP contribution is 2.21. The summed E-state index contributed by atoms with van der Waals surface area (Å²) in [4.78, 5) is 23.7. The fourth-order valence-electron chi connectivity index (χ4n) is 2.41. The summed E-state index contributed by atoms with van der Waals surface area (Å²) in [7, 11) is 2.57. The molecule has 26 heavy (non-hydrogen) atoms. The van der Waals surface area contributed by atoms with E-state index in [1.54, 1.807) is 0 Å². The van der Waals surface area contributed by atoms with Gasteiger partial charge in [-0.2, -0.15) is 0 Å². The fourth-order valence-corrected chi connectivity index (χ4v) is 2.63. The molecule has 0 aliphatic heterocycles. The molecule has 0 aliphatic carbocycles. The molecule has 0 radical (unpaired) electrons. The van der Waals surface area contributed by atoms with E-state index in [2.05, 4.69) is 10.6 Å². The maximum Gasteiger partial charge on any atom is 0.339 e. The predicted octanol–water partition coefficient (Wildman–Crippen LogP) is 3.69. The first-order valence-corrected chi connectivity index (χ1v) is 8.22. The molecule has 0 spiro atoms. The van der Waals surface area contributed by atoms with E-state index in [4.69, 9.17) is 21.7 Å². The van der Waals surface area contributed by atoms with Gasteiger partial charge in [0.15, 0.2) is 5.11 Å². The highest BCUT2D eigenvalue weighted by Gasteiger charge is 2.16. The first-order chi connectivity index (χ1) is 12.3. The minimum atomic E-state index is -0.543. The van der Waals surface area contributed by atoms with Crippen LogP contribution in [0.15, 0.2) is 36.4 Å². The molecule has 2 rings (SSSR count). The number of rotatable bonds is 4. The van der Waals surface area contributed by atoms with Gasteiger partial charge in [-0.1, -0.05) is 17.7 Å². The third-order valence-corrected chi connectivity index (χ3v) is 3.93. The number of nitrogens with one attached hydrogen (secondary N) is 2. The zero-order valence-electron chi connectivity index (χ0n) is 15.0. The van der Waals surface area contributed by atoms with Crippen molar-refractivity contribution in [2.45, 2.75) is 13.8 Å². The molecule has 6 nitrogen and oxygen atoms in total. The Morgan fingerprint density at radius 1 is 0.885 bits per heavy atom. The zero-order valence-corrected chi connectivity index (χ0v) is 15.8. The molecule has 0 amide bonds. The van der Waals surface area contributed by atoms with Crippen LogP contribution in [0, 0.1) is 13.8 Å². The van der Waals surface area contributed by atoms with Gasteiger partial charge in [-0.15, -0.1) is 0 Å². The maximum atomic E-state index is 12.0. The van der Waals surface area contributed by atoms with Crippen molar-refractivity contribution < 1.29 is 19.1 Å². The minimum absolute atomic E-state index is 0.255. The van der Waals surface area contributed by atoms with Crippen LogP contribution < -0.4 is 10.6 Å². The third-order valence-electron chi connectivity index (χ3n) is 3.72. The number of esters is 2. The summed E-state index contributed by atoms with van der Waals surface area (Å²) in [5.41, 5.74) is 3.91. The van der Waals surface area contributed by atoms with Gasteiger partial charge >= 0.3 is 11.9 Å². The van der Waals surface area contributed by atoms with Crippen LogP contribution in [0.25, 0.3) is 0 Å². The molecule has 0 saturated carbocycles. The van der Waals surface area contributed by atoms with Gasteiger partial charge in [-0.05, 0) is 55.9 Å². The lowest BCUT2D eigenvalue weighted by molar-refractivity contribution is 0.0587. The van der Waals surface area contributed by atoms with E-state index >= 15 is 0 Å². The number of aryl methyl sites for hydroxylation is 2. The molecule has 0 aromatic heterocycles. The molecule has 0 saturated heterocycles. The van der Waals surface area contributed by atoms with Crippen LogP contribution in [0.2, 0.25) is 0 Å². The largest absolute Gasteiger partial charge is 0.465 e. The number of ether oxygens (including phenoxy) is 2. The van der Waals surface area contributed by atoms with Crippen molar-refractivity contribution in [3.63, 3.8) is 0 Å². The Bertz CT molecular complexity index is 865. The molecule has 0 unspecified atom stereocenters. The zero-order chi connectivity index (χ0) is 19.3. The summed E-state index contributed by atoms with van der Waals surface area (Å²) in [6.07, 6.45) is 0. The van der Waals surface area contributed by atoms with Crippen LogP contribution in [0.1, 0.15) is 31.8 Å². The topological polar surface area (TPSA) is 76.7 Å². The molecule has 2 aromatic rings. The van der Waals surface area contributed by atoms with E-state index < -0.39 is 11.9 Å². The smallest absolute Gasteiger partial charge is 0.339 e. The summed E-state index contributed by atoms with van der Waals surface area (Å²) >= 11 is 5.34. The highest BCUT2D eigenvalue weighted by atomic mass is 32.1. The van der Waals surface area contributed by atoms with Gasteiger partial charge in [0.1, 0.15) is 0 Å². The Labute approximate surface area is 157 Å². The van der Waals surface area contributed by atoms with Crippen LogP contribution in [0.3, 0.4) is 0 Å². The Balaban J connectivity index is 2.28. The molecule has 0 atom stereocenters. The van der Waals surface area contributed by atoms with Crippen molar-refractivity contribution in [3.8, 4) is 0 Å². The van der Waals surface area contributed by atoms with Crippen molar-refractivity contribution in [2.24, 2.45) is 0 Å². The summed E-state index contributed by atoms with van der Waals surface area (Å²) in [5, 5.41) is 6.31. The van der Waals surface area contributed by atoms with Crippen molar-refractivity contribution in [1.29, 1.82) is 0 Å². The van der Waals surface area contributed by atoms with Crippen LogP contribution in [-0.4, -0.2) is 31.3 Å². The number of thiocarbonyl (C=S) groups is 1. The molecular formula is C19H20N2O4S. The average Bonchev–Trinajstić information content (AvgIpc) is 2.62. The van der Waals surface area contributed by atoms with Crippen LogP contribution >= 0.6 is 12.2 Å². The Morgan fingerprint density at radius 3 is 2.15 bits per heavy atom. The van der Waals surface area contributed by atoms with Gasteiger partial charge in [0, 0.05) is 5.69 Å². The molecule has 0 heterocycles. The summed E-state index contributed by atoms with van der Waals surface area (Å²) in [6.45, 7) is 3.98. The first kappa shape index (κ1) is 19.4. The van der Waals surface area contributed by atoms with E-state index in [0.717, 1.165) is 16.8 Å². The monoisotopic (exact) mass is 372 g/mol. The van der Waals surface area contributed by atoms with E-state index in [1.165, 1.54) is 32.4 Å². The van der Waals surface area contributed by atoms with E-state index in [9.17, 15) is 9.59 Å². The second kappa shape index (κ2) is 8.44. The number of anilines is 2. The molecular weight excluding hydrogens is 352 g/mol. The molecule has 0 aliphatic rings. The first-order valence-electron chi connectivity index (χ1n) is 7.81. The fraction of sp³-hybridized carbons (Fsp3) is 0.211. The number of methoxy groups -OCH3 is 2. The summed E-state index contributed by atoms with van der Waals surface area (Å²) < 4.78 is 9.49. The number of benzene rings is 2. The number of carbonyl (C=O) groups excluding carboxylic acids is 2. The summed E-state index contributed by atoms with van der Waals surface area (Å²) in [5.74, 6) is -1.06. The second-order valence-corrected chi connectivity index (χ2v) is 6.05. The van der Waals surface area contributed by atoms with E-state index in [-0.39, 0.29) is 16.2 Å². The van der Waals surface area contributed by atoms with Crippen molar-refractivity contribution in [2.75, 3.05) is 24.9 Å². The van der Waals surface area contributed by atoms with Gasteiger partial charge in [-0.3, -0.25) is 0 Å². The standard InChI is InChI=1S/C19H20N2O4S/c1-11-5-8-15(12(2)9-11)20-19(26)21-16-10-13(17(22)24-3)6-7-14(16)18(23)25-4/h5-10H,1-4H3,(H2,20,21,26). The molecule has 0 bridgehead atoms. The molecule has 2 N–H and O–H groups in total. The molecule has 2 aromatic carbocycles. The van der Waals surface area contributed by atoms with Gasteiger partial charge in [-0.25, -0.2) is 9.59 Å². The second-order valence-electron chi connectivity index (χ2n) is 5.64.